The molecule has 0 spiro atoms. The smallest absolute Gasteiger partial charge is 0.159 e. The van der Waals surface area contributed by atoms with Crippen molar-refractivity contribution in [2.45, 2.75) is 19.9 Å². The Morgan fingerprint density at radius 3 is 2.67 bits per heavy atom. The Labute approximate surface area is 112 Å². The van der Waals surface area contributed by atoms with Gasteiger partial charge in [0.25, 0.3) is 0 Å². The maximum absolute atomic E-state index is 5.94. The van der Waals surface area contributed by atoms with E-state index in [1.807, 2.05) is 36.7 Å². The molecule has 4 heteroatoms. The van der Waals surface area contributed by atoms with Gasteiger partial charge < -0.3 is 5.32 Å². The van der Waals surface area contributed by atoms with Crippen LogP contribution in [0.25, 0.3) is 11.4 Å². The third-order valence-corrected chi connectivity index (χ3v) is 2.78. The van der Waals surface area contributed by atoms with Gasteiger partial charge in [-0.25, -0.2) is 9.97 Å². The number of rotatable bonds is 5. The number of benzene rings is 1. The van der Waals surface area contributed by atoms with Crippen molar-refractivity contribution in [2.24, 2.45) is 0 Å². The van der Waals surface area contributed by atoms with Gasteiger partial charge in [-0.1, -0.05) is 30.7 Å². The molecule has 2 aromatic rings. The third kappa shape index (κ3) is 3.52. The molecule has 1 aromatic heterocycles. The quantitative estimate of drug-likeness (QED) is 0.840. The van der Waals surface area contributed by atoms with Crippen LogP contribution in [0.2, 0.25) is 5.02 Å². The van der Waals surface area contributed by atoms with Crippen molar-refractivity contribution >= 4 is 11.6 Å². The van der Waals surface area contributed by atoms with Gasteiger partial charge in [0.2, 0.25) is 0 Å². The molecule has 3 nitrogen and oxygen atoms in total. The summed E-state index contributed by atoms with van der Waals surface area (Å²) in [7, 11) is 0. The molecular formula is C14H16ClN3. The molecule has 0 amide bonds. The highest BCUT2D eigenvalue weighted by atomic mass is 35.5. The van der Waals surface area contributed by atoms with Crippen LogP contribution in [0, 0.1) is 0 Å². The van der Waals surface area contributed by atoms with Crippen molar-refractivity contribution in [2.75, 3.05) is 6.54 Å². The summed E-state index contributed by atoms with van der Waals surface area (Å²) in [6.07, 6.45) is 4.83. The lowest BCUT2D eigenvalue weighted by Gasteiger charge is -2.04. The highest BCUT2D eigenvalue weighted by Gasteiger charge is 2.01. The van der Waals surface area contributed by atoms with Crippen LogP contribution in [-0.4, -0.2) is 16.5 Å². The van der Waals surface area contributed by atoms with Crippen LogP contribution in [0.1, 0.15) is 18.9 Å². The van der Waals surface area contributed by atoms with Crippen LogP contribution in [0.5, 0.6) is 0 Å². The number of nitrogens with one attached hydrogen (secondary N) is 1. The Bertz CT molecular complexity index is 497. The number of aromatic nitrogens is 2. The SMILES string of the molecule is CCCNCc1cnc(-c2cccc(Cl)c2)nc1. The molecule has 0 atom stereocenters. The average Bonchev–Trinajstić information content (AvgIpc) is 2.40. The van der Waals surface area contributed by atoms with E-state index in [9.17, 15) is 0 Å². The number of nitrogens with zero attached hydrogens (tertiary/aromatic N) is 2. The first-order valence-corrected chi connectivity index (χ1v) is 6.45. The topological polar surface area (TPSA) is 37.8 Å². The van der Waals surface area contributed by atoms with Crippen molar-refractivity contribution < 1.29 is 0 Å². The van der Waals surface area contributed by atoms with Gasteiger partial charge in [-0.3, -0.25) is 0 Å². The van der Waals surface area contributed by atoms with Crippen LogP contribution in [0.15, 0.2) is 36.7 Å². The second kappa shape index (κ2) is 6.47. The monoisotopic (exact) mass is 261 g/mol. The lowest BCUT2D eigenvalue weighted by Crippen LogP contribution is -2.14. The van der Waals surface area contributed by atoms with Crippen LogP contribution < -0.4 is 5.32 Å². The van der Waals surface area contributed by atoms with Crippen LogP contribution >= 0.6 is 11.6 Å². The van der Waals surface area contributed by atoms with E-state index in [4.69, 9.17) is 11.6 Å². The first-order valence-electron chi connectivity index (χ1n) is 6.07. The van der Waals surface area contributed by atoms with Gasteiger partial charge in [0.15, 0.2) is 5.82 Å². The maximum atomic E-state index is 5.94. The molecule has 0 unspecified atom stereocenters. The van der Waals surface area contributed by atoms with Gasteiger partial charge in [0, 0.05) is 35.1 Å². The highest BCUT2D eigenvalue weighted by Crippen LogP contribution is 2.18. The Morgan fingerprint density at radius 2 is 2.00 bits per heavy atom. The molecule has 94 valence electrons. The van der Waals surface area contributed by atoms with Crippen LogP contribution in [0.3, 0.4) is 0 Å². The number of hydrogen-bond donors (Lipinski definition) is 1. The predicted octanol–water partition coefficient (Wildman–Crippen LogP) is 3.30. The molecule has 0 aliphatic rings. The molecule has 1 aromatic carbocycles. The molecule has 0 saturated carbocycles. The largest absolute Gasteiger partial charge is 0.313 e. The molecule has 0 aliphatic heterocycles. The molecule has 0 saturated heterocycles. The second-order valence-electron chi connectivity index (χ2n) is 4.10. The highest BCUT2D eigenvalue weighted by molar-refractivity contribution is 6.30. The summed E-state index contributed by atoms with van der Waals surface area (Å²) < 4.78 is 0. The fourth-order valence-electron chi connectivity index (χ4n) is 1.63. The van der Waals surface area contributed by atoms with E-state index in [0.717, 1.165) is 30.6 Å². The van der Waals surface area contributed by atoms with Crippen molar-refractivity contribution in [3.05, 3.63) is 47.2 Å². The maximum Gasteiger partial charge on any atom is 0.159 e. The summed E-state index contributed by atoms with van der Waals surface area (Å²) in [6.45, 7) is 3.96. The molecule has 0 fully saturated rings. The van der Waals surface area contributed by atoms with Crippen molar-refractivity contribution in [3.63, 3.8) is 0 Å². The third-order valence-electron chi connectivity index (χ3n) is 2.54. The number of hydrogen-bond acceptors (Lipinski definition) is 3. The van der Waals surface area contributed by atoms with Gasteiger partial charge >= 0.3 is 0 Å². The lowest BCUT2D eigenvalue weighted by atomic mass is 10.2. The van der Waals surface area contributed by atoms with Crippen molar-refractivity contribution in [1.82, 2.24) is 15.3 Å². The van der Waals surface area contributed by atoms with Gasteiger partial charge in [0.05, 0.1) is 0 Å². The lowest BCUT2D eigenvalue weighted by molar-refractivity contribution is 0.672. The van der Waals surface area contributed by atoms with Gasteiger partial charge in [-0.2, -0.15) is 0 Å². The Balaban J connectivity index is 2.07. The van der Waals surface area contributed by atoms with Gasteiger partial charge in [-0.15, -0.1) is 0 Å². The van der Waals surface area contributed by atoms with E-state index in [1.165, 1.54) is 0 Å². The molecule has 1 N–H and O–H groups in total. The molecule has 18 heavy (non-hydrogen) atoms. The fraction of sp³-hybridized carbons (Fsp3) is 0.286. The zero-order valence-corrected chi connectivity index (χ0v) is 11.1. The van der Waals surface area contributed by atoms with E-state index in [-0.39, 0.29) is 0 Å². The Morgan fingerprint density at radius 1 is 1.22 bits per heavy atom. The summed E-state index contributed by atoms with van der Waals surface area (Å²) >= 11 is 5.94. The Kier molecular flexibility index (Phi) is 4.67. The summed E-state index contributed by atoms with van der Waals surface area (Å²) in [5, 5.41) is 4.02. The van der Waals surface area contributed by atoms with Crippen LogP contribution in [-0.2, 0) is 6.54 Å². The van der Waals surface area contributed by atoms with Crippen molar-refractivity contribution in [1.29, 1.82) is 0 Å². The van der Waals surface area contributed by atoms with E-state index < -0.39 is 0 Å². The average molecular weight is 262 g/mol. The molecular weight excluding hydrogens is 246 g/mol. The van der Waals surface area contributed by atoms with Crippen LogP contribution in [0.4, 0.5) is 0 Å². The minimum atomic E-state index is 0.699. The van der Waals surface area contributed by atoms with Gasteiger partial charge in [-0.05, 0) is 25.1 Å². The summed E-state index contributed by atoms with van der Waals surface area (Å²) in [6, 6.07) is 7.56. The summed E-state index contributed by atoms with van der Waals surface area (Å²) in [5.74, 6) is 0.705. The normalized spacial score (nSPS) is 10.6. The predicted molar refractivity (Wildman–Crippen MR) is 74.5 cm³/mol. The summed E-state index contributed by atoms with van der Waals surface area (Å²) in [5.41, 5.74) is 2.03. The van der Waals surface area contributed by atoms with Crippen molar-refractivity contribution in [3.8, 4) is 11.4 Å². The first kappa shape index (κ1) is 13.0. The second-order valence-corrected chi connectivity index (χ2v) is 4.54. The van der Waals surface area contributed by atoms with E-state index >= 15 is 0 Å². The van der Waals surface area contributed by atoms with E-state index in [2.05, 4.69) is 22.2 Å². The standard InChI is InChI=1S/C14H16ClN3/c1-2-6-16-8-11-9-17-14(18-10-11)12-4-3-5-13(15)7-12/h3-5,7,9-10,16H,2,6,8H2,1H3. The zero-order chi connectivity index (χ0) is 12.8. The molecule has 0 bridgehead atoms. The van der Waals surface area contributed by atoms with E-state index in [0.29, 0.717) is 10.8 Å². The molecule has 1 heterocycles. The fourth-order valence-corrected chi connectivity index (χ4v) is 1.82. The Hall–Kier alpha value is -1.45. The molecule has 2 rings (SSSR count). The zero-order valence-electron chi connectivity index (χ0n) is 10.4. The minimum absolute atomic E-state index is 0.699. The molecule has 0 aliphatic carbocycles. The van der Waals surface area contributed by atoms with E-state index in [1.54, 1.807) is 0 Å². The minimum Gasteiger partial charge on any atom is -0.313 e. The van der Waals surface area contributed by atoms with Gasteiger partial charge in [0.1, 0.15) is 0 Å². The molecule has 0 radical (unpaired) electrons. The summed E-state index contributed by atoms with van der Waals surface area (Å²) in [4.78, 5) is 8.72. The first-order chi connectivity index (χ1) is 8.79. The number of halogens is 1.